The molecule has 21 heavy (non-hydrogen) atoms. The largest absolute Gasteiger partial charge is 0.381 e. The van der Waals surface area contributed by atoms with Gasteiger partial charge >= 0.3 is 0 Å². The zero-order valence-corrected chi connectivity index (χ0v) is 12.6. The molecule has 2 atom stereocenters. The second-order valence-corrected chi connectivity index (χ2v) is 5.61. The maximum atomic E-state index is 11.0. The predicted molar refractivity (Wildman–Crippen MR) is 82.4 cm³/mol. The quantitative estimate of drug-likeness (QED) is 0.620. The van der Waals surface area contributed by atoms with Crippen LogP contribution in [0.3, 0.4) is 0 Å². The summed E-state index contributed by atoms with van der Waals surface area (Å²) in [5.41, 5.74) is 1.05. The second-order valence-electron chi connectivity index (χ2n) is 5.61. The molecule has 1 aliphatic heterocycles. The van der Waals surface area contributed by atoms with Crippen LogP contribution >= 0.6 is 0 Å². The molecule has 0 bridgehead atoms. The van der Waals surface area contributed by atoms with E-state index in [0.29, 0.717) is 12.0 Å². The summed E-state index contributed by atoms with van der Waals surface area (Å²) in [4.78, 5) is 10.8. The Bertz CT molecular complexity index is 465. The molecule has 2 rings (SSSR count). The van der Waals surface area contributed by atoms with E-state index >= 15 is 0 Å². The summed E-state index contributed by atoms with van der Waals surface area (Å²) in [7, 11) is 0. The van der Waals surface area contributed by atoms with Crippen LogP contribution in [-0.2, 0) is 11.2 Å². The molecule has 1 heterocycles. The first-order valence-electron chi connectivity index (χ1n) is 7.75. The average Bonchev–Trinajstić information content (AvgIpc) is 2.52. The highest BCUT2D eigenvalue weighted by Crippen LogP contribution is 2.24. The fourth-order valence-corrected chi connectivity index (χ4v) is 2.92. The normalized spacial score (nSPS) is 22.1. The Kier molecular flexibility index (Phi) is 6.14. The van der Waals surface area contributed by atoms with Crippen molar-refractivity contribution >= 4 is 5.69 Å². The van der Waals surface area contributed by atoms with Gasteiger partial charge in [-0.2, -0.15) is 0 Å². The summed E-state index contributed by atoms with van der Waals surface area (Å²) in [5.74, 6) is 0.435. The first-order valence-corrected chi connectivity index (χ1v) is 7.75. The Balaban J connectivity index is 1.95. The molecule has 0 amide bonds. The van der Waals surface area contributed by atoms with Gasteiger partial charge in [-0.05, 0) is 38.1 Å². The molecule has 5 nitrogen and oxygen atoms in total. The Hall–Kier alpha value is -1.46. The van der Waals surface area contributed by atoms with E-state index in [2.05, 4.69) is 12.2 Å². The zero-order valence-electron chi connectivity index (χ0n) is 12.6. The van der Waals surface area contributed by atoms with E-state index in [1.807, 2.05) is 12.1 Å². The van der Waals surface area contributed by atoms with Gasteiger partial charge in [-0.25, -0.2) is 0 Å². The number of benzene rings is 1. The number of nitrogens with zero attached hydrogens (tertiary/aromatic N) is 1. The first kappa shape index (κ1) is 15.9. The van der Waals surface area contributed by atoms with E-state index in [4.69, 9.17) is 4.74 Å². The number of para-hydroxylation sites is 1. The van der Waals surface area contributed by atoms with Gasteiger partial charge in [0.15, 0.2) is 0 Å². The monoisotopic (exact) mass is 292 g/mol. The maximum Gasteiger partial charge on any atom is 0.272 e. The van der Waals surface area contributed by atoms with Gasteiger partial charge in [0, 0.05) is 24.3 Å². The van der Waals surface area contributed by atoms with Crippen molar-refractivity contribution in [2.75, 3.05) is 19.8 Å². The number of nitro benzene ring substituents is 1. The number of ether oxygens (including phenoxy) is 1. The molecular formula is C16H24N2O3. The SMILES string of the molecule is CCCNC1CCOCC1CCc1ccccc1[N+](=O)[O-]. The van der Waals surface area contributed by atoms with Gasteiger partial charge in [-0.3, -0.25) is 10.1 Å². The number of nitrogens with one attached hydrogen (secondary N) is 1. The second kappa shape index (κ2) is 8.10. The van der Waals surface area contributed by atoms with Gasteiger partial charge in [0.1, 0.15) is 0 Å². The van der Waals surface area contributed by atoms with Gasteiger partial charge in [-0.15, -0.1) is 0 Å². The molecule has 1 aliphatic rings. The summed E-state index contributed by atoms with van der Waals surface area (Å²) in [6.45, 7) is 4.74. The maximum absolute atomic E-state index is 11.0. The highest BCUT2D eigenvalue weighted by Gasteiger charge is 2.25. The lowest BCUT2D eigenvalue weighted by molar-refractivity contribution is -0.385. The van der Waals surface area contributed by atoms with E-state index in [-0.39, 0.29) is 10.6 Å². The van der Waals surface area contributed by atoms with Crippen molar-refractivity contribution in [3.05, 3.63) is 39.9 Å². The van der Waals surface area contributed by atoms with Crippen LogP contribution in [0.15, 0.2) is 24.3 Å². The molecule has 1 saturated heterocycles. The highest BCUT2D eigenvalue weighted by molar-refractivity contribution is 5.39. The molecular weight excluding hydrogens is 268 g/mol. The average molecular weight is 292 g/mol. The minimum absolute atomic E-state index is 0.229. The number of rotatable bonds is 7. The molecule has 0 saturated carbocycles. The molecule has 5 heteroatoms. The van der Waals surface area contributed by atoms with Crippen molar-refractivity contribution in [2.24, 2.45) is 5.92 Å². The van der Waals surface area contributed by atoms with Crippen molar-refractivity contribution in [1.82, 2.24) is 5.32 Å². The topological polar surface area (TPSA) is 64.4 Å². The first-order chi connectivity index (χ1) is 10.2. The molecule has 1 fully saturated rings. The Labute approximate surface area is 125 Å². The van der Waals surface area contributed by atoms with E-state index in [9.17, 15) is 10.1 Å². The molecule has 0 radical (unpaired) electrons. The summed E-state index contributed by atoms with van der Waals surface area (Å²) in [6.07, 6.45) is 3.80. The lowest BCUT2D eigenvalue weighted by Gasteiger charge is -2.32. The molecule has 2 unspecified atom stereocenters. The standard InChI is InChI=1S/C16H24N2O3/c1-2-10-17-15-9-11-21-12-14(15)8-7-13-5-3-4-6-16(13)18(19)20/h3-6,14-15,17H,2,7-12H2,1H3. The van der Waals surface area contributed by atoms with Crippen molar-refractivity contribution in [1.29, 1.82) is 0 Å². The molecule has 1 aromatic carbocycles. The minimum atomic E-state index is -0.292. The third-order valence-electron chi connectivity index (χ3n) is 4.10. The summed E-state index contributed by atoms with van der Waals surface area (Å²) in [6, 6.07) is 7.50. The fraction of sp³-hybridized carbons (Fsp3) is 0.625. The zero-order chi connectivity index (χ0) is 15.1. The van der Waals surface area contributed by atoms with E-state index in [0.717, 1.165) is 51.0 Å². The number of nitro groups is 1. The van der Waals surface area contributed by atoms with Gasteiger partial charge in [0.25, 0.3) is 5.69 Å². The summed E-state index contributed by atoms with van der Waals surface area (Å²) in [5, 5.41) is 14.6. The van der Waals surface area contributed by atoms with Crippen LogP contribution in [-0.4, -0.2) is 30.7 Å². The van der Waals surface area contributed by atoms with Crippen LogP contribution in [0.25, 0.3) is 0 Å². The van der Waals surface area contributed by atoms with Crippen molar-refractivity contribution in [2.45, 2.75) is 38.6 Å². The Morgan fingerprint density at radius 1 is 1.43 bits per heavy atom. The van der Waals surface area contributed by atoms with Crippen LogP contribution in [0.2, 0.25) is 0 Å². The fourth-order valence-electron chi connectivity index (χ4n) is 2.92. The summed E-state index contributed by atoms with van der Waals surface area (Å²) >= 11 is 0. The van der Waals surface area contributed by atoms with Crippen molar-refractivity contribution in [3.63, 3.8) is 0 Å². The Morgan fingerprint density at radius 2 is 2.24 bits per heavy atom. The molecule has 116 valence electrons. The third-order valence-corrected chi connectivity index (χ3v) is 4.10. The minimum Gasteiger partial charge on any atom is -0.381 e. The van der Waals surface area contributed by atoms with Crippen LogP contribution in [0.4, 0.5) is 5.69 Å². The highest BCUT2D eigenvalue weighted by atomic mass is 16.6. The van der Waals surface area contributed by atoms with Crippen molar-refractivity contribution < 1.29 is 9.66 Å². The van der Waals surface area contributed by atoms with Crippen LogP contribution in [0, 0.1) is 16.0 Å². The van der Waals surface area contributed by atoms with E-state index < -0.39 is 0 Å². The molecule has 0 aromatic heterocycles. The van der Waals surface area contributed by atoms with Gasteiger partial charge < -0.3 is 10.1 Å². The molecule has 1 N–H and O–H groups in total. The van der Waals surface area contributed by atoms with Gasteiger partial charge in [-0.1, -0.05) is 25.1 Å². The van der Waals surface area contributed by atoms with Crippen LogP contribution < -0.4 is 5.32 Å². The van der Waals surface area contributed by atoms with Crippen molar-refractivity contribution in [3.8, 4) is 0 Å². The molecule has 1 aromatic rings. The van der Waals surface area contributed by atoms with E-state index in [1.165, 1.54) is 0 Å². The van der Waals surface area contributed by atoms with Crippen LogP contribution in [0.5, 0.6) is 0 Å². The Morgan fingerprint density at radius 3 is 3.00 bits per heavy atom. The van der Waals surface area contributed by atoms with Gasteiger partial charge in [0.2, 0.25) is 0 Å². The number of aryl methyl sites for hydroxylation is 1. The lowest BCUT2D eigenvalue weighted by atomic mass is 9.89. The van der Waals surface area contributed by atoms with Crippen LogP contribution in [0.1, 0.15) is 31.7 Å². The van der Waals surface area contributed by atoms with E-state index in [1.54, 1.807) is 12.1 Å². The lowest BCUT2D eigenvalue weighted by Crippen LogP contribution is -2.43. The number of hydrogen-bond acceptors (Lipinski definition) is 4. The smallest absolute Gasteiger partial charge is 0.272 e. The number of hydrogen-bond donors (Lipinski definition) is 1. The third kappa shape index (κ3) is 4.51. The summed E-state index contributed by atoms with van der Waals surface area (Å²) < 4.78 is 5.58. The molecule has 0 aliphatic carbocycles. The molecule has 0 spiro atoms. The van der Waals surface area contributed by atoms with Gasteiger partial charge in [0.05, 0.1) is 11.5 Å². The predicted octanol–water partition coefficient (Wildman–Crippen LogP) is 2.93.